The van der Waals surface area contributed by atoms with Crippen LogP contribution in [0, 0.1) is 0 Å². The number of nitrogens with zero attached hydrogens (tertiary/aromatic N) is 1. The molecule has 0 aromatic heterocycles. The lowest BCUT2D eigenvalue weighted by molar-refractivity contribution is 0.394. The van der Waals surface area contributed by atoms with Gasteiger partial charge in [-0.05, 0) is 31.5 Å². The van der Waals surface area contributed by atoms with E-state index in [4.69, 9.17) is 0 Å². The fourth-order valence-corrected chi connectivity index (χ4v) is 2.17. The van der Waals surface area contributed by atoms with Crippen LogP contribution in [0.3, 0.4) is 0 Å². The minimum Gasteiger partial charge on any atom is -0.507 e. The van der Waals surface area contributed by atoms with E-state index in [1.807, 2.05) is 20.2 Å². The zero-order valence-corrected chi connectivity index (χ0v) is 9.77. The van der Waals surface area contributed by atoms with Crippen LogP contribution in [-0.4, -0.2) is 29.9 Å². The highest BCUT2D eigenvalue weighted by atomic mass is 32.2. The smallest absolute Gasteiger partial charge is 0.129 e. The first-order valence-corrected chi connectivity index (χ1v) is 5.72. The van der Waals surface area contributed by atoms with Gasteiger partial charge in [-0.15, -0.1) is 11.8 Å². The Kier molecular flexibility index (Phi) is 4.29. The van der Waals surface area contributed by atoms with Gasteiger partial charge in [-0.25, -0.2) is 0 Å². The van der Waals surface area contributed by atoms with Crippen LogP contribution in [0.1, 0.15) is 12.5 Å². The number of phenols is 1. The van der Waals surface area contributed by atoms with Gasteiger partial charge in [0.25, 0.3) is 0 Å². The molecule has 0 amide bonds. The highest BCUT2D eigenvalue weighted by Gasteiger charge is 2.07. The first kappa shape index (κ1) is 11.4. The Balaban J connectivity index is 2.95. The fraction of sp³-hybridized carbons (Fsp3) is 0.455. The fourth-order valence-electron chi connectivity index (χ4n) is 1.35. The Morgan fingerprint density at radius 3 is 2.64 bits per heavy atom. The molecule has 14 heavy (non-hydrogen) atoms. The van der Waals surface area contributed by atoms with Crippen molar-refractivity contribution < 1.29 is 5.11 Å². The van der Waals surface area contributed by atoms with Gasteiger partial charge in [-0.2, -0.15) is 0 Å². The van der Waals surface area contributed by atoms with Crippen molar-refractivity contribution in [3.05, 3.63) is 23.8 Å². The monoisotopic (exact) mass is 211 g/mol. The van der Waals surface area contributed by atoms with Crippen molar-refractivity contribution in [1.82, 2.24) is 4.90 Å². The summed E-state index contributed by atoms with van der Waals surface area (Å²) < 4.78 is 0. The molecule has 0 saturated carbocycles. The van der Waals surface area contributed by atoms with Crippen LogP contribution in [0.15, 0.2) is 23.1 Å². The molecular formula is C11H17NOS. The van der Waals surface area contributed by atoms with Gasteiger partial charge in [0, 0.05) is 6.54 Å². The van der Waals surface area contributed by atoms with Crippen LogP contribution in [0.25, 0.3) is 0 Å². The average molecular weight is 211 g/mol. The van der Waals surface area contributed by atoms with Gasteiger partial charge in [-0.1, -0.05) is 19.1 Å². The van der Waals surface area contributed by atoms with Crippen molar-refractivity contribution in [3.63, 3.8) is 0 Å². The average Bonchev–Trinajstić information content (AvgIpc) is 2.10. The molecule has 0 bridgehead atoms. The number of hydrogen-bond acceptors (Lipinski definition) is 3. The van der Waals surface area contributed by atoms with E-state index < -0.39 is 0 Å². The number of rotatable bonds is 4. The normalized spacial score (nSPS) is 10.9. The summed E-state index contributed by atoms with van der Waals surface area (Å²) in [6.07, 6.45) is 0. The zero-order valence-electron chi connectivity index (χ0n) is 8.95. The van der Waals surface area contributed by atoms with Crippen molar-refractivity contribution in [2.24, 2.45) is 0 Å². The van der Waals surface area contributed by atoms with E-state index in [1.165, 1.54) is 5.56 Å². The number of phenolic OH excluding ortho intramolecular Hbond substituents is 1. The van der Waals surface area contributed by atoms with Gasteiger partial charge < -0.3 is 10.0 Å². The Bertz CT molecular complexity index is 299. The molecule has 3 heteroatoms. The van der Waals surface area contributed by atoms with Crippen LogP contribution in [0.2, 0.25) is 0 Å². The third-order valence-corrected chi connectivity index (χ3v) is 2.90. The molecule has 0 unspecified atom stereocenters. The standard InChI is InChI=1S/C11H17NOS/c1-4-14-11-9(8-12(2)3)6-5-7-10(11)13/h5-7,13H,4,8H2,1-3H3. The van der Waals surface area contributed by atoms with Gasteiger partial charge in [0.05, 0.1) is 4.90 Å². The summed E-state index contributed by atoms with van der Waals surface area (Å²) in [5, 5.41) is 9.70. The van der Waals surface area contributed by atoms with Crippen molar-refractivity contribution >= 4 is 11.8 Å². The number of thioether (sulfide) groups is 1. The summed E-state index contributed by atoms with van der Waals surface area (Å²) in [7, 11) is 4.06. The first-order chi connectivity index (χ1) is 6.65. The van der Waals surface area contributed by atoms with Gasteiger partial charge in [0.1, 0.15) is 5.75 Å². The molecule has 78 valence electrons. The van der Waals surface area contributed by atoms with Gasteiger partial charge >= 0.3 is 0 Å². The lowest BCUT2D eigenvalue weighted by Gasteiger charge is -2.14. The Hall–Kier alpha value is -0.670. The molecule has 1 aromatic carbocycles. The van der Waals surface area contributed by atoms with Crippen molar-refractivity contribution in [2.45, 2.75) is 18.4 Å². The predicted octanol–water partition coefficient (Wildman–Crippen LogP) is 2.57. The maximum Gasteiger partial charge on any atom is 0.129 e. The van der Waals surface area contributed by atoms with E-state index in [-0.39, 0.29) is 0 Å². The Morgan fingerprint density at radius 2 is 2.07 bits per heavy atom. The first-order valence-electron chi connectivity index (χ1n) is 4.73. The minimum atomic E-state index is 0.399. The second kappa shape index (κ2) is 5.27. The summed E-state index contributed by atoms with van der Waals surface area (Å²) in [5.41, 5.74) is 1.20. The van der Waals surface area contributed by atoms with Crippen molar-refractivity contribution in [2.75, 3.05) is 19.8 Å². The lowest BCUT2D eigenvalue weighted by Crippen LogP contribution is -2.11. The molecule has 0 aliphatic rings. The third kappa shape index (κ3) is 2.93. The quantitative estimate of drug-likeness (QED) is 0.774. The summed E-state index contributed by atoms with van der Waals surface area (Å²) in [4.78, 5) is 3.12. The van der Waals surface area contributed by atoms with Crippen molar-refractivity contribution in [3.8, 4) is 5.75 Å². The SMILES string of the molecule is CCSc1c(O)cccc1CN(C)C. The summed E-state index contributed by atoms with van der Waals surface area (Å²) in [5.74, 6) is 1.38. The molecule has 0 aliphatic carbocycles. The molecule has 2 nitrogen and oxygen atoms in total. The van der Waals surface area contributed by atoms with E-state index in [0.29, 0.717) is 5.75 Å². The molecule has 1 N–H and O–H groups in total. The summed E-state index contributed by atoms with van der Waals surface area (Å²) in [6, 6.07) is 5.71. The minimum absolute atomic E-state index is 0.399. The van der Waals surface area contributed by atoms with Gasteiger partial charge in [0.15, 0.2) is 0 Å². The molecule has 0 spiro atoms. The van der Waals surface area contributed by atoms with Gasteiger partial charge in [-0.3, -0.25) is 0 Å². The largest absolute Gasteiger partial charge is 0.507 e. The zero-order chi connectivity index (χ0) is 10.6. The molecule has 0 radical (unpaired) electrons. The molecule has 1 rings (SSSR count). The molecule has 0 atom stereocenters. The number of benzene rings is 1. The molecule has 1 aromatic rings. The molecule has 0 saturated heterocycles. The van der Waals surface area contributed by atoms with Crippen molar-refractivity contribution in [1.29, 1.82) is 0 Å². The van der Waals surface area contributed by atoms with E-state index in [9.17, 15) is 5.11 Å². The van der Waals surface area contributed by atoms with Gasteiger partial charge in [0.2, 0.25) is 0 Å². The maximum atomic E-state index is 9.70. The van der Waals surface area contributed by atoms with E-state index >= 15 is 0 Å². The lowest BCUT2D eigenvalue weighted by atomic mass is 10.2. The Morgan fingerprint density at radius 1 is 1.36 bits per heavy atom. The van der Waals surface area contributed by atoms with E-state index in [2.05, 4.69) is 17.9 Å². The van der Waals surface area contributed by atoms with E-state index in [1.54, 1.807) is 17.8 Å². The molecule has 0 heterocycles. The second-order valence-corrected chi connectivity index (χ2v) is 4.71. The predicted molar refractivity (Wildman–Crippen MR) is 61.9 cm³/mol. The van der Waals surface area contributed by atoms with Crippen LogP contribution in [-0.2, 0) is 6.54 Å². The van der Waals surface area contributed by atoms with Crippen LogP contribution in [0.5, 0.6) is 5.75 Å². The third-order valence-electron chi connectivity index (χ3n) is 1.85. The second-order valence-electron chi connectivity index (χ2n) is 3.44. The summed E-state index contributed by atoms with van der Waals surface area (Å²) >= 11 is 1.69. The topological polar surface area (TPSA) is 23.5 Å². The highest BCUT2D eigenvalue weighted by molar-refractivity contribution is 7.99. The van der Waals surface area contributed by atoms with Crippen LogP contribution in [0.4, 0.5) is 0 Å². The number of hydrogen-bond donors (Lipinski definition) is 1. The maximum absolute atomic E-state index is 9.70. The molecular weight excluding hydrogens is 194 g/mol. The van der Waals surface area contributed by atoms with Crippen LogP contribution < -0.4 is 0 Å². The van der Waals surface area contributed by atoms with Crippen LogP contribution >= 0.6 is 11.8 Å². The number of aromatic hydroxyl groups is 1. The highest BCUT2D eigenvalue weighted by Crippen LogP contribution is 2.32. The summed E-state index contributed by atoms with van der Waals surface area (Å²) in [6.45, 7) is 2.97. The molecule has 0 aliphatic heterocycles. The molecule has 0 fully saturated rings. The Labute approximate surface area is 89.9 Å². The van der Waals surface area contributed by atoms with E-state index in [0.717, 1.165) is 17.2 Å².